The van der Waals surface area contributed by atoms with Crippen LogP contribution < -0.4 is 10.6 Å². The summed E-state index contributed by atoms with van der Waals surface area (Å²) >= 11 is 0. The number of nitrogens with zero attached hydrogens (tertiary/aromatic N) is 3. The van der Waals surface area contributed by atoms with Crippen LogP contribution in [0.25, 0.3) is 11.4 Å². The first-order chi connectivity index (χ1) is 12.5. The van der Waals surface area contributed by atoms with Crippen LogP contribution in [0.5, 0.6) is 0 Å². The van der Waals surface area contributed by atoms with Gasteiger partial charge >= 0.3 is 0 Å². The Balaban J connectivity index is 1.97. The molecular formula is C19H20FN5O. The summed E-state index contributed by atoms with van der Waals surface area (Å²) < 4.78 is 13.5. The monoisotopic (exact) mass is 353 g/mol. The lowest BCUT2D eigenvalue weighted by Crippen LogP contribution is -2.21. The summed E-state index contributed by atoms with van der Waals surface area (Å²) in [5.74, 6) is 0.655. The van der Waals surface area contributed by atoms with Gasteiger partial charge in [-0.05, 0) is 49.7 Å². The molecule has 0 aliphatic heterocycles. The summed E-state index contributed by atoms with van der Waals surface area (Å²) in [5.41, 5.74) is 2.60. The van der Waals surface area contributed by atoms with E-state index in [0.717, 1.165) is 5.69 Å². The Bertz CT molecular complexity index is 888. The van der Waals surface area contributed by atoms with Crippen molar-refractivity contribution in [2.45, 2.75) is 19.9 Å². The summed E-state index contributed by atoms with van der Waals surface area (Å²) in [7, 11) is 0. The van der Waals surface area contributed by atoms with E-state index in [1.54, 1.807) is 31.3 Å². The van der Waals surface area contributed by atoms with Crippen molar-refractivity contribution in [3.05, 3.63) is 60.0 Å². The summed E-state index contributed by atoms with van der Waals surface area (Å²) in [6, 6.07) is 11.9. The van der Waals surface area contributed by atoms with Gasteiger partial charge in [-0.3, -0.25) is 4.98 Å². The van der Waals surface area contributed by atoms with Gasteiger partial charge in [0.15, 0.2) is 0 Å². The molecule has 0 aliphatic carbocycles. The van der Waals surface area contributed by atoms with E-state index in [1.807, 2.05) is 25.1 Å². The summed E-state index contributed by atoms with van der Waals surface area (Å²) in [6.45, 7) is 3.49. The second kappa shape index (κ2) is 7.88. The molecule has 0 saturated heterocycles. The van der Waals surface area contributed by atoms with Crippen LogP contribution in [0, 0.1) is 12.7 Å². The van der Waals surface area contributed by atoms with Crippen molar-refractivity contribution in [3.8, 4) is 11.4 Å². The second-order valence-corrected chi connectivity index (χ2v) is 5.99. The van der Waals surface area contributed by atoms with Crippen LogP contribution in [0.4, 0.5) is 21.8 Å². The molecule has 0 fully saturated rings. The molecule has 0 amide bonds. The fourth-order valence-corrected chi connectivity index (χ4v) is 2.36. The molecule has 6 nitrogen and oxygen atoms in total. The molecule has 0 radical (unpaired) electrons. The van der Waals surface area contributed by atoms with Gasteiger partial charge in [0.05, 0.1) is 18.0 Å². The van der Waals surface area contributed by atoms with E-state index in [0.29, 0.717) is 28.7 Å². The number of aryl methyl sites for hydroxylation is 1. The van der Waals surface area contributed by atoms with Gasteiger partial charge in [-0.25, -0.2) is 9.37 Å². The van der Waals surface area contributed by atoms with E-state index in [1.165, 1.54) is 6.07 Å². The van der Waals surface area contributed by atoms with E-state index < -0.39 is 0 Å². The van der Waals surface area contributed by atoms with Gasteiger partial charge in [0.1, 0.15) is 11.6 Å². The van der Waals surface area contributed by atoms with Crippen LogP contribution in [0.2, 0.25) is 0 Å². The Morgan fingerprint density at radius 2 is 1.96 bits per heavy atom. The number of rotatable bonds is 6. The van der Waals surface area contributed by atoms with Crippen LogP contribution in [0.1, 0.15) is 12.5 Å². The first-order valence-corrected chi connectivity index (χ1v) is 8.26. The Hall–Kier alpha value is -3.06. The lowest BCUT2D eigenvalue weighted by molar-refractivity contribution is 0.281. The van der Waals surface area contributed by atoms with Gasteiger partial charge < -0.3 is 15.7 Å². The highest BCUT2D eigenvalue weighted by atomic mass is 19.1. The molecule has 26 heavy (non-hydrogen) atoms. The molecule has 134 valence electrons. The predicted octanol–water partition coefficient (Wildman–Crippen LogP) is 3.52. The third kappa shape index (κ3) is 4.31. The SMILES string of the molecule is Cc1cc(Nc2cc(-c3ccccn3)nc(N[C@@H](C)CO)n2)ccc1F. The number of nitrogens with one attached hydrogen (secondary N) is 2. The van der Waals surface area contributed by atoms with E-state index in [2.05, 4.69) is 25.6 Å². The minimum atomic E-state index is -0.258. The number of aromatic nitrogens is 3. The zero-order chi connectivity index (χ0) is 18.5. The molecule has 2 heterocycles. The number of aliphatic hydroxyl groups excluding tert-OH is 1. The summed E-state index contributed by atoms with van der Waals surface area (Å²) in [6.07, 6.45) is 1.69. The number of hydrogen-bond donors (Lipinski definition) is 3. The smallest absolute Gasteiger partial charge is 0.225 e. The Labute approximate surface area is 151 Å². The maximum absolute atomic E-state index is 13.5. The lowest BCUT2D eigenvalue weighted by Gasteiger charge is -2.14. The Kier molecular flexibility index (Phi) is 5.38. The molecule has 0 aliphatic rings. The van der Waals surface area contributed by atoms with Crippen molar-refractivity contribution in [2.75, 3.05) is 17.2 Å². The molecule has 0 saturated carbocycles. The highest BCUT2D eigenvalue weighted by Crippen LogP contribution is 2.23. The minimum absolute atomic E-state index is 0.0446. The maximum atomic E-state index is 13.5. The summed E-state index contributed by atoms with van der Waals surface area (Å²) in [4.78, 5) is 13.2. The lowest BCUT2D eigenvalue weighted by atomic mass is 10.2. The number of pyridine rings is 1. The normalized spacial score (nSPS) is 11.8. The zero-order valence-corrected chi connectivity index (χ0v) is 14.6. The average Bonchev–Trinajstić information content (AvgIpc) is 2.65. The van der Waals surface area contributed by atoms with E-state index >= 15 is 0 Å². The van der Waals surface area contributed by atoms with Crippen molar-refractivity contribution < 1.29 is 9.50 Å². The van der Waals surface area contributed by atoms with Gasteiger partial charge in [-0.2, -0.15) is 4.98 Å². The highest BCUT2D eigenvalue weighted by Gasteiger charge is 2.10. The molecule has 7 heteroatoms. The second-order valence-electron chi connectivity index (χ2n) is 5.99. The van der Waals surface area contributed by atoms with Crippen LogP contribution in [0.3, 0.4) is 0 Å². The maximum Gasteiger partial charge on any atom is 0.225 e. The zero-order valence-electron chi connectivity index (χ0n) is 14.6. The number of benzene rings is 1. The van der Waals surface area contributed by atoms with Gasteiger partial charge in [0.25, 0.3) is 0 Å². The van der Waals surface area contributed by atoms with Crippen molar-refractivity contribution in [3.63, 3.8) is 0 Å². The van der Waals surface area contributed by atoms with Gasteiger partial charge in [-0.1, -0.05) is 6.07 Å². The fourth-order valence-electron chi connectivity index (χ4n) is 2.36. The molecule has 0 spiro atoms. The Morgan fingerprint density at radius 1 is 1.12 bits per heavy atom. The number of halogens is 1. The van der Waals surface area contributed by atoms with Crippen LogP contribution in [-0.2, 0) is 0 Å². The molecular weight excluding hydrogens is 333 g/mol. The topological polar surface area (TPSA) is 83.0 Å². The third-order valence-corrected chi connectivity index (χ3v) is 3.73. The van der Waals surface area contributed by atoms with E-state index in [9.17, 15) is 9.50 Å². The first kappa shape index (κ1) is 17.8. The standard InChI is InChI=1S/C19H20FN5O/c1-12-9-14(6-7-15(12)20)23-18-10-17(16-5-3-4-8-21-16)24-19(25-18)22-13(2)11-26/h3-10,13,26H,11H2,1-2H3,(H2,22,23,24,25)/t13-/m0/s1. The molecule has 1 aromatic carbocycles. The van der Waals surface area contributed by atoms with Crippen molar-refractivity contribution in [2.24, 2.45) is 0 Å². The molecule has 0 bridgehead atoms. The first-order valence-electron chi connectivity index (χ1n) is 8.26. The largest absolute Gasteiger partial charge is 0.394 e. The number of hydrogen-bond acceptors (Lipinski definition) is 6. The fraction of sp³-hybridized carbons (Fsp3) is 0.211. The molecule has 3 aromatic rings. The van der Waals surface area contributed by atoms with E-state index in [-0.39, 0.29) is 18.5 Å². The molecule has 3 N–H and O–H groups in total. The quantitative estimate of drug-likeness (QED) is 0.629. The molecule has 2 aromatic heterocycles. The molecule has 3 rings (SSSR count). The Morgan fingerprint density at radius 3 is 2.65 bits per heavy atom. The van der Waals surface area contributed by atoms with Crippen molar-refractivity contribution in [1.29, 1.82) is 0 Å². The van der Waals surface area contributed by atoms with Crippen LogP contribution in [0.15, 0.2) is 48.7 Å². The van der Waals surface area contributed by atoms with Crippen LogP contribution >= 0.6 is 0 Å². The number of aliphatic hydroxyl groups is 1. The molecule has 0 unspecified atom stereocenters. The van der Waals surface area contributed by atoms with Crippen molar-refractivity contribution >= 4 is 17.5 Å². The predicted molar refractivity (Wildman–Crippen MR) is 99.9 cm³/mol. The van der Waals surface area contributed by atoms with Gasteiger partial charge in [-0.15, -0.1) is 0 Å². The molecule has 1 atom stereocenters. The van der Waals surface area contributed by atoms with Crippen molar-refractivity contribution in [1.82, 2.24) is 15.0 Å². The number of anilines is 3. The van der Waals surface area contributed by atoms with Crippen LogP contribution in [-0.4, -0.2) is 32.7 Å². The highest BCUT2D eigenvalue weighted by molar-refractivity contribution is 5.65. The average molecular weight is 353 g/mol. The third-order valence-electron chi connectivity index (χ3n) is 3.73. The van der Waals surface area contributed by atoms with Gasteiger partial charge in [0.2, 0.25) is 5.95 Å². The van der Waals surface area contributed by atoms with E-state index in [4.69, 9.17) is 0 Å². The van der Waals surface area contributed by atoms with Gasteiger partial charge in [0, 0.05) is 24.0 Å². The minimum Gasteiger partial charge on any atom is -0.394 e. The summed E-state index contributed by atoms with van der Waals surface area (Å²) in [5, 5.41) is 15.5.